The highest BCUT2D eigenvalue weighted by Gasteiger charge is 2.23. The summed E-state index contributed by atoms with van der Waals surface area (Å²) in [6, 6.07) is 9.67. The number of rotatable bonds is 4. The molecule has 0 unspecified atom stereocenters. The molecule has 0 bridgehead atoms. The molecule has 1 aliphatic carbocycles. The molecule has 1 aromatic heterocycles. The number of fused-ring (bicyclic) bond motifs is 1. The summed E-state index contributed by atoms with van der Waals surface area (Å²) in [7, 11) is 0. The Hall–Kier alpha value is -2.23. The first kappa shape index (κ1) is 14.7. The summed E-state index contributed by atoms with van der Waals surface area (Å²) in [6.07, 6.45) is 7.27. The van der Waals surface area contributed by atoms with Crippen LogP contribution in [0.5, 0.6) is 0 Å². The number of aromatic nitrogens is 1. The fourth-order valence-electron chi connectivity index (χ4n) is 3.24. The molecule has 1 fully saturated rings. The van der Waals surface area contributed by atoms with Gasteiger partial charge in [0.25, 0.3) is 5.91 Å². The molecule has 4 heteroatoms. The van der Waals surface area contributed by atoms with Gasteiger partial charge in [0.15, 0.2) is 0 Å². The van der Waals surface area contributed by atoms with Crippen LogP contribution in [0.25, 0.3) is 10.9 Å². The maximum absolute atomic E-state index is 12.5. The Bertz CT molecular complexity index is 670. The highest BCUT2D eigenvalue weighted by molar-refractivity contribution is 6.06. The topological polar surface area (TPSA) is 59.1 Å². The van der Waals surface area contributed by atoms with E-state index in [4.69, 9.17) is 0 Å². The maximum Gasteiger partial charge on any atom is 0.252 e. The van der Waals surface area contributed by atoms with Crippen molar-refractivity contribution in [3.8, 4) is 0 Å². The summed E-state index contributed by atoms with van der Waals surface area (Å²) < 4.78 is 0. The van der Waals surface area contributed by atoms with Crippen LogP contribution in [0, 0.1) is 5.92 Å². The number of carbonyl (C=O) groups is 2. The fourth-order valence-corrected chi connectivity index (χ4v) is 3.24. The van der Waals surface area contributed by atoms with E-state index in [1.807, 2.05) is 24.3 Å². The Morgan fingerprint density at radius 3 is 2.73 bits per heavy atom. The van der Waals surface area contributed by atoms with Crippen molar-refractivity contribution in [2.75, 3.05) is 0 Å². The average molecular weight is 296 g/mol. The van der Waals surface area contributed by atoms with Crippen molar-refractivity contribution in [2.45, 2.75) is 38.1 Å². The van der Waals surface area contributed by atoms with Crippen molar-refractivity contribution in [3.05, 3.63) is 42.1 Å². The van der Waals surface area contributed by atoms with Gasteiger partial charge in [0.05, 0.1) is 11.1 Å². The highest BCUT2D eigenvalue weighted by atomic mass is 16.1. The normalized spacial score (nSPS) is 21.5. The molecule has 1 aromatic carbocycles. The Balaban J connectivity index is 1.68. The van der Waals surface area contributed by atoms with E-state index in [1.54, 1.807) is 12.3 Å². The molecule has 0 atom stereocenters. The molecule has 0 spiro atoms. The first-order chi connectivity index (χ1) is 10.8. The Morgan fingerprint density at radius 2 is 1.95 bits per heavy atom. The van der Waals surface area contributed by atoms with Crippen LogP contribution in [0.2, 0.25) is 0 Å². The van der Waals surface area contributed by atoms with Gasteiger partial charge in [-0.25, -0.2) is 0 Å². The minimum absolute atomic E-state index is 0.0302. The second-order valence-electron chi connectivity index (χ2n) is 5.97. The molecule has 114 valence electrons. The lowest BCUT2D eigenvalue weighted by Gasteiger charge is -2.28. The molecule has 0 aliphatic heterocycles. The van der Waals surface area contributed by atoms with Crippen LogP contribution in [0.15, 0.2) is 36.5 Å². The molecule has 0 radical (unpaired) electrons. The lowest BCUT2D eigenvalue weighted by molar-refractivity contribution is -0.108. The second kappa shape index (κ2) is 6.69. The molecule has 0 saturated heterocycles. The summed E-state index contributed by atoms with van der Waals surface area (Å²) in [5, 5.41) is 4.02. The first-order valence-corrected chi connectivity index (χ1v) is 7.86. The van der Waals surface area contributed by atoms with E-state index in [-0.39, 0.29) is 11.9 Å². The SMILES string of the molecule is O=CCC1CCC(NC(=O)c2ccnc3ccccc23)CC1. The van der Waals surface area contributed by atoms with Crippen molar-refractivity contribution >= 4 is 23.1 Å². The smallest absolute Gasteiger partial charge is 0.252 e. The Morgan fingerprint density at radius 1 is 1.18 bits per heavy atom. The van der Waals surface area contributed by atoms with Gasteiger partial charge in [-0.2, -0.15) is 0 Å². The van der Waals surface area contributed by atoms with Gasteiger partial charge in [-0.3, -0.25) is 9.78 Å². The van der Waals surface area contributed by atoms with Crippen LogP contribution in [-0.2, 0) is 4.79 Å². The number of pyridine rings is 1. The zero-order valence-electron chi connectivity index (χ0n) is 12.5. The zero-order chi connectivity index (χ0) is 15.4. The number of aldehydes is 1. The van der Waals surface area contributed by atoms with Crippen LogP contribution in [0.4, 0.5) is 0 Å². The number of para-hydroxylation sites is 1. The predicted octanol–water partition coefficient (Wildman–Crippen LogP) is 3.11. The van der Waals surface area contributed by atoms with Crippen LogP contribution < -0.4 is 5.32 Å². The van der Waals surface area contributed by atoms with Crippen LogP contribution in [0.3, 0.4) is 0 Å². The second-order valence-corrected chi connectivity index (χ2v) is 5.97. The molecule has 1 aliphatic rings. The monoisotopic (exact) mass is 296 g/mol. The molecule has 22 heavy (non-hydrogen) atoms. The van der Waals surface area contributed by atoms with E-state index in [0.717, 1.165) is 42.9 Å². The molecule has 1 heterocycles. The van der Waals surface area contributed by atoms with Gasteiger partial charge >= 0.3 is 0 Å². The first-order valence-electron chi connectivity index (χ1n) is 7.86. The molecule has 3 rings (SSSR count). The Kier molecular flexibility index (Phi) is 4.47. The van der Waals surface area contributed by atoms with Crippen molar-refractivity contribution in [3.63, 3.8) is 0 Å². The summed E-state index contributed by atoms with van der Waals surface area (Å²) in [4.78, 5) is 27.4. The number of amides is 1. The van der Waals surface area contributed by atoms with E-state index in [0.29, 0.717) is 17.9 Å². The highest BCUT2D eigenvalue weighted by Crippen LogP contribution is 2.26. The summed E-state index contributed by atoms with van der Waals surface area (Å²) in [5.41, 5.74) is 1.52. The van der Waals surface area contributed by atoms with E-state index >= 15 is 0 Å². The molecular weight excluding hydrogens is 276 g/mol. The molecule has 1 amide bonds. The van der Waals surface area contributed by atoms with Gasteiger partial charge in [0, 0.05) is 24.0 Å². The maximum atomic E-state index is 12.5. The van der Waals surface area contributed by atoms with Gasteiger partial charge in [0.1, 0.15) is 6.29 Å². The molecule has 1 saturated carbocycles. The van der Waals surface area contributed by atoms with Gasteiger partial charge in [0.2, 0.25) is 0 Å². The van der Waals surface area contributed by atoms with Gasteiger partial charge in [-0.15, -0.1) is 0 Å². The van der Waals surface area contributed by atoms with Crippen molar-refractivity contribution < 1.29 is 9.59 Å². The molecular formula is C18H20N2O2. The van der Waals surface area contributed by atoms with Crippen molar-refractivity contribution in [2.24, 2.45) is 5.92 Å². The van der Waals surface area contributed by atoms with E-state index in [2.05, 4.69) is 10.3 Å². The summed E-state index contributed by atoms with van der Waals surface area (Å²) >= 11 is 0. The average Bonchev–Trinajstić information content (AvgIpc) is 2.56. The summed E-state index contributed by atoms with van der Waals surface area (Å²) in [6.45, 7) is 0. The van der Waals surface area contributed by atoms with E-state index in [1.165, 1.54) is 0 Å². The Labute approximate surface area is 129 Å². The number of nitrogens with one attached hydrogen (secondary N) is 1. The molecule has 1 N–H and O–H groups in total. The largest absolute Gasteiger partial charge is 0.349 e. The molecule has 4 nitrogen and oxygen atoms in total. The molecule has 2 aromatic rings. The van der Waals surface area contributed by atoms with Crippen molar-refractivity contribution in [1.82, 2.24) is 10.3 Å². The standard InChI is InChI=1S/C18H20N2O2/c21-12-10-13-5-7-14(8-6-13)20-18(22)16-9-11-19-17-4-2-1-3-15(16)17/h1-4,9,11-14H,5-8,10H2,(H,20,22). The minimum atomic E-state index is -0.0302. The lowest BCUT2D eigenvalue weighted by atomic mass is 9.84. The quantitative estimate of drug-likeness (QED) is 0.882. The van der Waals surface area contributed by atoms with E-state index < -0.39 is 0 Å². The van der Waals surface area contributed by atoms with Crippen LogP contribution in [-0.4, -0.2) is 23.2 Å². The van der Waals surface area contributed by atoms with Crippen molar-refractivity contribution in [1.29, 1.82) is 0 Å². The van der Waals surface area contributed by atoms with Crippen LogP contribution in [0.1, 0.15) is 42.5 Å². The summed E-state index contributed by atoms with van der Waals surface area (Å²) in [5.74, 6) is 0.463. The number of nitrogens with zero attached hydrogens (tertiary/aromatic N) is 1. The predicted molar refractivity (Wildman–Crippen MR) is 85.6 cm³/mol. The van der Waals surface area contributed by atoms with Gasteiger partial charge in [-0.1, -0.05) is 18.2 Å². The number of carbonyl (C=O) groups excluding carboxylic acids is 2. The third kappa shape index (κ3) is 3.16. The van der Waals surface area contributed by atoms with Gasteiger partial charge < -0.3 is 10.1 Å². The fraction of sp³-hybridized carbons (Fsp3) is 0.389. The third-order valence-corrected chi connectivity index (χ3v) is 4.51. The zero-order valence-corrected chi connectivity index (χ0v) is 12.5. The minimum Gasteiger partial charge on any atom is -0.349 e. The van der Waals surface area contributed by atoms with Gasteiger partial charge in [-0.05, 0) is 43.7 Å². The number of benzene rings is 1. The third-order valence-electron chi connectivity index (χ3n) is 4.51. The number of hydrogen-bond donors (Lipinski definition) is 1. The van der Waals surface area contributed by atoms with E-state index in [9.17, 15) is 9.59 Å². The lowest BCUT2D eigenvalue weighted by Crippen LogP contribution is -2.37. The van der Waals surface area contributed by atoms with Crippen LogP contribution >= 0.6 is 0 Å². The number of hydrogen-bond acceptors (Lipinski definition) is 3.